The van der Waals surface area contributed by atoms with Crippen molar-refractivity contribution in [1.82, 2.24) is 0 Å². The zero-order valence-corrected chi connectivity index (χ0v) is 32.7. The van der Waals surface area contributed by atoms with Gasteiger partial charge in [-0.3, -0.25) is 0 Å². The number of benzene rings is 10. The zero-order valence-electron chi connectivity index (χ0n) is 32.7. The summed E-state index contributed by atoms with van der Waals surface area (Å²) >= 11 is 0. The first kappa shape index (κ1) is 33.7. The highest BCUT2D eigenvalue weighted by atomic mass is 16.3. The van der Waals surface area contributed by atoms with E-state index >= 15 is 0 Å². The van der Waals surface area contributed by atoms with Gasteiger partial charge in [-0.25, -0.2) is 0 Å². The van der Waals surface area contributed by atoms with E-state index in [1.165, 1.54) is 0 Å². The van der Waals surface area contributed by atoms with Gasteiger partial charge in [0.1, 0.15) is 22.3 Å². The van der Waals surface area contributed by atoms with E-state index in [9.17, 15) is 0 Å². The molecule has 0 radical (unpaired) electrons. The molecule has 0 aliphatic carbocycles. The molecule has 13 rings (SSSR count). The maximum absolute atomic E-state index is 6.61. The molecule has 3 aromatic heterocycles. The van der Waals surface area contributed by atoms with Crippen LogP contribution < -0.4 is 9.80 Å². The number of anilines is 6. The third-order valence-electron chi connectivity index (χ3n) is 12.2. The normalized spacial score (nSPS) is 11.9. The number of hydrogen-bond donors (Lipinski definition) is 0. The van der Waals surface area contributed by atoms with Crippen molar-refractivity contribution in [3.05, 3.63) is 206 Å². The van der Waals surface area contributed by atoms with E-state index in [-0.39, 0.29) is 0 Å². The Kier molecular flexibility index (Phi) is 7.24. The first-order chi connectivity index (χ1) is 30.2. The summed E-state index contributed by atoms with van der Waals surface area (Å²) < 4.78 is 19.8. The van der Waals surface area contributed by atoms with E-state index in [4.69, 9.17) is 13.3 Å². The predicted octanol–water partition coefficient (Wildman–Crippen LogP) is 16.6. The molecular formula is C56H34N2O3. The van der Waals surface area contributed by atoms with Crippen LogP contribution in [0.3, 0.4) is 0 Å². The number of hydrogen-bond acceptors (Lipinski definition) is 5. The van der Waals surface area contributed by atoms with Gasteiger partial charge in [-0.2, -0.15) is 0 Å². The zero-order chi connectivity index (χ0) is 40.0. The van der Waals surface area contributed by atoms with Gasteiger partial charge in [0.15, 0.2) is 11.2 Å². The van der Waals surface area contributed by atoms with E-state index in [0.717, 1.165) is 121 Å². The Hall–Kier alpha value is -8.28. The van der Waals surface area contributed by atoms with E-state index in [2.05, 4.69) is 192 Å². The lowest BCUT2D eigenvalue weighted by Crippen LogP contribution is -2.10. The molecular weight excluding hydrogens is 749 g/mol. The van der Waals surface area contributed by atoms with Gasteiger partial charge in [0, 0.05) is 55.1 Å². The standard InChI is InChI=1S/C56H34N2O3/c1-3-13-37(14-4-1)57(47-21-11-19-45-43-17-7-9-23-49(43)60-55(45)47)39-27-29-41-35(33-39)25-31-51-53(41)54-42-30-28-40(34-36(42)26-32-52(54)59-51)58(38-15-5-2-6-16-38)48-22-12-20-46-44-18-8-10-24-50(44)61-56(46)48/h1-34H. The van der Waals surface area contributed by atoms with E-state index in [0.29, 0.717) is 0 Å². The fourth-order valence-corrected chi connectivity index (χ4v) is 9.50. The Labute approximate surface area is 349 Å². The molecule has 0 aliphatic heterocycles. The molecule has 3 heterocycles. The summed E-state index contributed by atoms with van der Waals surface area (Å²) in [5.74, 6) is 0. The fraction of sp³-hybridized carbons (Fsp3) is 0. The van der Waals surface area contributed by atoms with Crippen LogP contribution >= 0.6 is 0 Å². The Bertz CT molecular complexity index is 3590. The van der Waals surface area contributed by atoms with Crippen molar-refractivity contribution in [3.8, 4) is 0 Å². The third-order valence-corrected chi connectivity index (χ3v) is 12.2. The van der Waals surface area contributed by atoms with Gasteiger partial charge >= 0.3 is 0 Å². The molecule has 0 fully saturated rings. The van der Waals surface area contributed by atoms with Crippen LogP contribution in [0.15, 0.2) is 220 Å². The molecule has 61 heavy (non-hydrogen) atoms. The van der Waals surface area contributed by atoms with Crippen molar-refractivity contribution < 1.29 is 13.3 Å². The van der Waals surface area contributed by atoms with Gasteiger partial charge in [0.2, 0.25) is 0 Å². The molecule has 0 unspecified atom stereocenters. The van der Waals surface area contributed by atoms with Crippen LogP contribution in [0.4, 0.5) is 34.1 Å². The molecule has 0 spiro atoms. The number of rotatable bonds is 6. The van der Waals surface area contributed by atoms with E-state index in [1.54, 1.807) is 0 Å². The fourth-order valence-electron chi connectivity index (χ4n) is 9.50. The van der Waals surface area contributed by atoms with Gasteiger partial charge in [-0.05, 0) is 106 Å². The number of furan rings is 3. The van der Waals surface area contributed by atoms with Crippen molar-refractivity contribution >= 4 is 121 Å². The van der Waals surface area contributed by atoms with Crippen LogP contribution in [0.5, 0.6) is 0 Å². The van der Waals surface area contributed by atoms with Crippen molar-refractivity contribution in [3.63, 3.8) is 0 Å². The highest BCUT2D eigenvalue weighted by Gasteiger charge is 2.23. The molecule has 13 aromatic rings. The minimum Gasteiger partial charge on any atom is -0.456 e. The topological polar surface area (TPSA) is 45.9 Å². The second kappa shape index (κ2) is 13.1. The van der Waals surface area contributed by atoms with Crippen LogP contribution in [0.25, 0.3) is 87.4 Å². The largest absolute Gasteiger partial charge is 0.456 e. The van der Waals surface area contributed by atoms with Gasteiger partial charge < -0.3 is 23.1 Å². The Morgan fingerprint density at radius 1 is 0.262 bits per heavy atom. The lowest BCUT2D eigenvalue weighted by molar-refractivity contribution is 0.668. The highest BCUT2D eigenvalue weighted by molar-refractivity contribution is 6.27. The maximum atomic E-state index is 6.61. The summed E-state index contributed by atoms with van der Waals surface area (Å²) in [5.41, 5.74) is 11.3. The van der Waals surface area contributed by atoms with Gasteiger partial charge in [-0.1, -0.05) is 121 Å². The minimum absolute atomic E-state index is 0.856. The second-order valence-corrected chi connectivity index (χ2v) is 15.6. The molecule has 286 valence electrons. The van der Waals surface area contributed by atoms with Crippen LogP contribution in [-0.2, 0) is 0 Å². The summed E-state index contributed by atoms with van der Waals surface area (Å²) in [7, 11) is 0. The van der Waals surface area contributed by atoms with Crippen LogP contribution in [0, 0.1) is 0 Å². The number of nitrogens with zero attached hydrogens (tertiary/aromatic N) is 2. The summed E-state index contributed by atoms with van der Waals surface area (Å²) in [4.78, 5) is 4.59. The Balaban J connectivity index is 0.983. The van der Waals surface area contributed by atoms with Gasteiger partial charge in [0.25, 0.3) is 0 Å². The second-order valence-electron chi connectivity index (χ2n) is 15.6. The molecule has 5 nitrogen and oxygen atoms in total. The summed E-state index contributed by atoms with van der Waals surface area (Å²) in [6.07, 6.45) is 0. The molecule has 0 N–H and O–H groups in total. The van der Waals surface area contributed by atoms with Crippen molar-refractivity contribution in [2.45, 2.75) is 0 Å². The molecule has 0 bridgehead atoms. The molecule has 0 saturated carbocycles. The van der Waals surface area contributed by atoms with Crippen LogP contribution in [0.2, 0.25) is 0 Å². The van der Waals surface area contributed by atoms with Crippen molar-refractivity contribution in [1.29, 1.82) is 0 Å². The van der Waals surface area contributed by atoms with Crippen LogP contribution in [-0.4, -0.2) is 0 Å². The molecule has 0 atom stereocenters. The summed E-state index contributed by atoms with van der Waals surface area (Å²) in [5, 5.41) is 11.1. The summed E-state index contributed by atoms with van der Waals surface area (Å²) in [6, 6.07) is 72.4. The SMILES string of the molecule is c1ccc(N(c2ccc3c(ccc4oc5ccc6cc(N(c7ccccc7)c7cccc8c7oc7ccccc78)ccc6c5c43)c2)c2cccc3c2oc2ccccc23)cc1. The first-order valence-corrected chi connectivity index (χ1v) is 20.6. The average Bonchev–Trinajstić information content (AvgIpc) is 4.02. The van der Waals surface area contributed by atoms with Gasteiger partial charge in [-0.15, -0.1) is 0 Å². The molecule has 10 aromatic carbocycles. The van der Waals surface area contributed by atoms with Crippen LogP contribution in [0.1, 0.15) is 0 Å². The maximum Gasteiger partial charge on any atom is 0.159 e. The minimum atomic E-state index is 0.856. The summed E-state index contributed by atoms with van der Waals surface area (Å²) in [6.45, 7) is 0. The van der Waals surface area contributed by atoms with Gasteiger partial charge in [0.05, 0.1) is 11.4 Å². The Morgan fingerprint density at radius 3 is 1.16 bits per heavy atom. The molecule has 0 saturated heterocycles. The van der Waals surface area contributed by atoms with E-state index in [1.807, 2.05) is 24.3 Å². The molecule has 5 heteroatoms. The van der Waals surface area contributed by atoms with E-state index < -0.39 is 0 Å². The number of fused-ring (bicyclic) bond motifs is 13. The average molecular weight is 783 g/mol. The van der Waals surface area contributed by atoms with Crippen molar-refractivity contribution in [2.24, 2.45) is 0 Å². The lowest BCUT2D eigenvalue weighted by atomic mass is 9.98. The Morgan fingerprint density at radius 2 is 0.689 bits per heavy atom. The molecule has 0 amide bonds. The lowest BCUT2D eigenvalue weighted by Gasteiger charge is -2.26. The van der Waals surface area contributed by atoms with Crippen molar-refractivity contribution in [2.75, 3.05) is 9.80 Å². The monoisotopic (exact) mass is 782 g/mol. The smallest absolute Gasteiger partial charge is 0.159 e. The number of para-hydroxylation sites is 6. The third kappa shape index (κ3) is 5.14. The quantitative estimate of drug-likeness (QED) is 0.168. The molecule has 0 aliphatic rings. The predicted molar refractivity (Wildman–Crippen MR) is 253 cm³/mol. The first-order valence-electron chi connectivity index (χ1n) is 20.6. The highest BCUT2D eigenvalue weighted by Crippen LogP contribution is 2.47.